The molecule has 1 atom stereocenters. The van der Waals surface area contributed by atoms with Crippen LogP contribution in [0.4, 0.5) is 0 Å². The fourth-order valence-electron chi connectivity index (χ4n) is 1.65. The number of esters is 1. The molecule has 1 aromatic rings. The average molecular weight is 300 g/mol. The van der Waals surface area contributed by atoms with Gasteiger partial charge in [0.1, 0.15) is 0 Å². The maximum Gasteiger partial charge on any atom is 0.310 e. The minimum atomic E-state index is -0.134. The van der Waals surface area contributed by atoms with Crippen molar-refractivity contribution in [2.24, 2.45) is 5.92 Å². The third-order valence-corrected chi connectivity index (χ3v) is 2.99. The normalized spacial score (nSPS) is 12.2. The van der Waals surface area contributed by atoms with E-state index < -0.39 is 0 Å². The number of nitrogens with one attached hydrogen (secondary N) is 1. The van der Waals surface area contributed by atoms with E-state index in [1.165, 1.54) is 0 Å². The zero-order valence-corrected chi connectivity index (χ0v) is 11.8. The van der Waals surface area contributed by atoms with Gasteiger partial charge in [-0.3, -0.25) is 4.79 Å². The number of hydrogen-bond donors (Lipinski definition) is 1. The van der Waals surface area contributed by atoms with Gasteiger partial charge >= 0.3 is 5.97 Å². The lowest BCUT2D eigenvalue weighted by atomic mass is 9.99. The van der Waals surface area contributed by atoms with Crippen LogP contribution in [0.3, 0.4) is 0 Å². The molecule has 1 aromatic carbocycles. The summed E-state index contributed by atoms with van der Waals surface area (Å²) >= 11 is 3.39. The molecule has 17 heavy (non-hydrogen) atoms. The lowest BCUT2D eigenvalue weighted by Crippen LogP contribution is -2.29. The molecular weight excluding hydrogens is 282 g/mol. The van der Waals surface area contributed by atoms with Gasteiger partial charge in [0.15, 0.2) is 0 Å². The molecule has 94 valence electrons. The summed E-state index contributed by atoms with van der Waals surface area (Å²) in [6.07, 6.45) is 0.701. The van der Waals surface area contributed by atoms with Gasteiger partial charge in [-0.1, -0.05) is 28.1 Å². The van der Waals surface area contributed by atoms with Crippen molar-refractivity contribution in [3.05, 3.63) is 34.3 Å². The highest BCUT2D eigenvalue weighted by Crippen LogP contribution is 2.14. The van der Waals surface area contributed by atoms with E-state index in [1.807, 2.05) is 38.2 Å². The van der Waals surface area contributed by atoms with Gasteiger partial charge in [0, 0.05) is 11.0 Å². The number of ether oxygens (including phenoxy) is 1. The van der Waals surface area contributed by atoms with Crippen molar-refractivity contribution < 1.29 is 9.53 Å². The highest BCUT2D eigenvalue weighted by Gasteiger charge is 2.19. The fraction of sp³-hybridized carbons (Fsp3) is 0.462. The second-order valence-electron chi connectivity index (χ2n) is 3.84. The lowest BCUT2D eigenvalue weighted by molar-refractivity contribution is -0.147. The molecule has 0 spiro atoms. The third kappa shape index (κ3) is 4.88. The standard InChI is InChI=1S/C13H18BrNO2/c1-3-17-13(16)11(9-15-2)8-10-4-6-12(14)7-5-10/h4-7,11,15H,3,8-9H2,1-2H3. The summed E-state index contributed by atoms with van der Waals surface area (Å²) in [7, 11) is 1.84. The molecular formula is C13H18BrNO2. The van der Waals surface area contributed by atoms with Crippen LogP contribution >= 0.6 is 15.9 Å². The van der Waals surface area contributed by atoms with Crippen LogP contribution in [0.25, 0.3) is 0 Å². The molecule has 0 radical (unpaired) electrons. The van der Waals surface area contributed by atoms with Crippen molar-refractivity contribution >= 4 is 21.9 Å². The largest absolute Gasteiger partial charge is 0.466 e. The topological polar surface area (TPSA) is 38.3 Å². The number of halogens is 1. The molecule has 0 aliphatic heterocycles. The van der Waals surface area contributed by atoms with E-state index >= 15 is 0 Å². The summed E-state index contributed by atoms with van der Waals surface area (Å²) in [5.41, 5.74) is 1.14. The van der Waals surface area contributed by atoms with E-state index in [0.29, 0.717) is 19.6 Å². The summed E-state index contributed by atoms with van der Waals surface area (Å²) in [5, 5.41) is 3.03. The van der Waals surface area contributed by atoms with Gasteiger partial charge in [0.2, 0.25) is 0 Å². The Morgan fingerprint density at radius 2 is 2.06 bits per heavy atom. The first kappa shape index (κ1) is 14.2. The zero-order chi connectivity index (χ0) is 12.7. The first-order valence-corrected chi connectivity index (χ1v) is 6.52. The summed E-state index contributed by atoms with van der Waals surface area (Å²) in [6, 6.07) is 8.01. The van der Waals surface area contributed by atoms with Crippen LogP contribution in [0, 0.1) is 5.92 Å². The third-order valence-electron chi connectivity index (χ3n) is 2.47. The molecule has 0 aliphatic rings. The second-order valence-corrected chi connectivity index (χ2v) is 4.75. The summed E-state index contributed by atoms with van der Waals surface area (Å²) in [6.45, 7) is 2.89. The Morgan fingerprint density at radius 3 is 2.59 bits per heavy atom. The zero-order valence-electron chi connectivity index (χ0n) is 10.2. The van der Waals surface area contributed by atoms with Crippen LogP contribution < -0.4 is 5.32 Å². The molecule has 4 heteroatoms. The Hall–Kier alpha value is -0.870. The van der Waals surface area contributed by atoms with Crippen LogP contribution in [-0.2, 0) is 16.0 Å². The molecule has 0 aromatic heterocycles. The number of benzene rings is 1. The lowest BCUT2D eigenvalue weighted by Gasteiger charge is -2.15. The van der Waals surface area contributed by atoms with Gasteiger partial charge in [-0.2, -0.15) is 0 Å². The molecule has 0 saturated heterocycles. The Morgan fingerprint density at radius 1 is 1.41 bits per heavy atom. The van der Waals surface area contributed by atoms with E-state index in [9.17, 15) is 4.79 Å². The molecule has 3 nitrogen and oxygen atoms in total. The van der Waals surface area contributed by atoms with Crippen molar-refractivity contribution in [3.8, 4) is 0 Å². The smallest absolute Gasteiger partial charge is 0.310 e. The highest BCUT2D eigenvalue weighted by atomic mass is 79.9. The molecule has 0 heterocycles. The molecule has 1 rings (SSSR count). The highest BCUT2D eigenvalue weighted by molar-refractivity contribution is 9.10. The summed E-state index contributed by atoms with van der Waals surface area (Å²) in [5.74, 6) is -0.258. The van der Waals surface area contributed by atoms with Crippen LogP contribution in [0.5, 0.6) is 0 Å². The Labute approximate surface area is 111 Å². The fourth-order valence-corrected chi connectivity index (χ4v) is 1.91. The van der Waals surface area contributed by atoms with Gasteiger partial charge in [0.25, 0.3) is 0 Å². The SMILES string of the molecule is CCOC(=O)C(CNC)Cc1ccc(Br)cc1. The number of hydrogen-bond acceptors (Lipinski definition) is 3. The van der Waals surface area contributed by atoms with Crippen molar-refractivity contribution in [3.63, 3.8) is 0 Å². The van der Waals surface area contributed by atoms with Crippen LogP contribution in [0.15, 0.2) is 28.7 Å². The average Bonchev–Trinajstić information content (AvgIpc) is 2.31. The van der Waals surface area contributed by atoms with E-state index in [4.69, 9.17) is 4.74 Å². The van der Waals surface area contributed by atoms with Gasteiger partial charge in [-0.25, -0.2) is 0 Å². The molecule has 0 aliphatic carbocycles. The summed E-state index contributed by atoms with van der Waals surface area (Å²) < 4.78 is 6.11. The van der Waals surface area contributed by atoms with E-state index in [1.54, 1.807) is 0 Å². The Kier molecular flexibility index (Phi) is 6.22. The molecule has 1 unspecified atom stereocenters. The van der Waals surface area contributed by atoms with Crippen molar-refractivity contribution in [2.45, 2.75) is 13.3 Å². The van der Waals surface area contributed by atoms with E-state index in [0.717, 1.165) is 10.0 Å². The summed E-state index contributed by atoms with van der Waals surface area (Å²) in [4.78, 5) is 11.7. The van der Waals surface area contributed by atoms with E-state index in [2.05, 4.69) is 21.2 Å². The Bertz CT molecular complexity index is 351. The number of carbonyl (C=O) groups excluding carboxylic acids is 1. The maximum atomic E-state index is 11.7. The number of carbonyl (C=O) groups is 1. The predicted octanol–water partition coefficient (Wildman–Crippen LogP) is 2.39. The van der Waals surface area contributed by atoms with E-state index in [-0.39, 0.29) is 11.9 Å². The minimum absolute atomic E-state index is 0.124. The van der Waals surface area contributed by atoms with Gasteiger partial charge in [-0.15, -0.1) is 0 Å². The van der Waals surface area contributed by atoms with Gasteiger partial charge in [-0.05, 0) is 38.1 Å². The molecule has 1 N–H and O–H groups in total. The van der Waals surface area contributed by atoms with Crippen LogP contribution in [0.2, 0.25) is 0 Å². The van der Waals surface area contributed by atoms with Gasteiger partial charge < -0.3 is 10.1 Å². The molecule has 0 amide bonds. The maximum absolute atomic E-state index is 11.7. The van der Waals surface area contributed by atoms with Gasteiger partial charge in [0.05, 0.1) is 12.5 Å². The molecule has 0 fully saturated rings. The van der Waals surface area contributed by atoms with Crippen molar-refractivity contribution in [1.29, 1.82) is 0 Å². The minimum Gasteiger partial charge on any atom is -0.466 e. The second kappa shape index (κ2) is 7.45. The van der Waals surface area contributed by atoms with Crippen LogP contribution in [0.1, 0.15) is 12.5 Å². The van der Waals surface area contributed by atoms with Crippen LogP contribution in [-0.4, -0.2) is 26.2 Å². The van der Waals surface area contributed by atoms with Crippen molar-refractivity contribution in [2.75, 3.05) is 20.2 Å². The Balaban J connectivity index is 2.65. The van der Waals surface area contributed by atoms with Crippen molar-refractivity contribution in [1.82, 2.24) is 5.32 Å². The predicted molar refractivity (Wildman–Crippen MR) is 71.9 cm³/mol. The first-order valence-electron chi connectivity index (χ1n) is 5.73. The first-order chi connectivity index (χ1) is 8.17. The monoisotopic (exact) mass is 299 g/mol. The quantitative estimate of drug-likeness (QED) is 0.820. The number of rotatable bonds is 6. The molecule has 0 saturated carbocycles. The molecule has 0 bridgehead atoms.